The molecule has 0 saturated heterocycles. The summed E-state index contributed by atoms with van der Waals surface area (Å²) in [4.78, 5) is 16.5. The average Bonchev–Trinajstić information content (AvgIpc) is 3.12. The van der Waals surface area contributed by atoms with E-state index in [0.29, 0.717) is 6.04 Å². The quantitative estimate of drug-likeness (QED) is 0.929. The first-order chi connectivity index (χ1) is 9.33. The van der Waals surface area contributed by atoms with Gasteiger partial charge < -0.3 is 5.32 Å². The van der Waals surface area contributed by atoms with Gasteiger partial charge in [-0.1, -0.05) is 25.0 Å². The van der Waals surface area contributed by atoms with E-state index in [1.807, 2.05) is 29.6 Å². The molecular formula is C15H16N2OS. The molecule has 0 spiro atoms. The Morgan fingerprint density at radius 2 is 2.16 bits per heavy atom. The van der Waals surface area contributed by atoms with E-state index in [1.54, 1.807) is 17.5 Å². The van der Waals surface area contributed by atoms with Crippen LogP contribution in [0, 0.1) is 0 Å². The summed E-state index contributed by atoms with van der Waals surface area (Å²) in [5, 5.41) is 6.01. The fourth-order valence-electron chi connectivity index (χ4n) is 2.50. The third-order valence-electron chi connectivity index (χ3n) is 3.49. The normalized spacial score (nSPS) is 15.6. The minimum atomic E-state index is 0.0327. The molecule has 1 aliphatic carbocycles. The molecule has 0 aliphatic heterocycles. The number of hydrogen-bond acceptors (Lipinski definition) is 3. The lowest BCUT2D eigenvalue weighted by Gasteiger charge is -2.12. The number of thiazole rings is 1. The van der Waals surface area contributed by atoms with Crippen LogP contribution in [-0.2, 0) is 0 Å². The van der Waals surface area contributed by atoms with Crippen molar-refractivity contribution in [1.29, 1.82) is 0 Å². The van der Waals surface area contributed by atoms with Crippen LogP contribution in [0.5, 0.6) is 0 Å². The summed E-state index contributed by atoms with van der Waals surface area (Å²) in [6.45, 7) is 0. The zero-order chi connectivity index (χ0) is 13.1. The second-order valence-corrected chi connectivity index (χ2v) is 5.77. The number of nitrogens with zero attached hydrogens (tertiary/aromatic N) is 1. The lowest BCUT2D eigenvalue weighted by molar-refractivity contribution is 0.0938. The highest BCUT2D eigenvalue weighted by Crippen LogP contribution is 2.23. The largest absolute Gasteiger partial charge is 0.349 e. The molecule has 1 N–H and O–H groups in total. The molecule has 1 saturated carbocycles. The Bertz CT molecular complexity index is 559. The van der Waals surface area contributed by atoms with Crippen LogP contribution < -0.4 is 5.32 Å². The first-order valence-electron chi connectivity index (χ1n) is 6.64. The lowest BCUT2D eigenvalue weighted by atomic mass is 10.1. The summed E-state index contributed by atoms with van der Waals surface area (Å²) in [6, 6.07) is 8.05. The molecule has 0 radical (unpaired) electrons. The number of rotatable bonds is 3. The van der Waals surface area contributed by atoms with E-state index in [0.717, 1.165) is 29.0 Å². The Labute approximate surface area is 116 Å². The highest BCUT2D eigenvalue weighted by Gasteiger charge is 2.18. The van der Waals surface area contributed by atoms with Crippen LogP contribution in [0.2, 0.25) is 0 Å². The standard InChI is InChI=1S/C15H16N2OS/c18-14(17-13-6-1-2-7-13)11-4-3-5-12(10-11)15-16-8-9-19-15/h3-5,8-10,13H,1-2,6-7H2,(H,17,18). The van der Waals surface area contributed by atoms with Crippen molar-refractivity contribution >= 4 is 17.2 Å². The molecule has 3 rings (SSSR count). The van der Waals surface area contributed by atoms with Gasteiger partial charge in [-0.3, -0.25) is 4.79 Å². The van der Waals surface area contributed by atoms with Gasteiger partial charge in [0.05, 0.1) is 0 Å². The Morgan fingerprint density at radius 3 is 2.89 bits per heavy atom. The number of aromatic nitrogens is 1. The first-order valence-corrected chi connectivity index (χ1v) is 7.52. The van der Waals surface area contributed by atoms with E-state index in [2.05, 4.69) is 10.3 Å². The number of hydrogen-bond donors (Lipinski definition) is 1. The smallest absolute Gasteiger partial charge is 0.251 e. The summed E-state index contributed by atoms with van der Waals surface area (Å²) < 4.78 is 0. The van der Waals surface area contributed by atoms with E-state index in [4.69, 9.17) is 0 Å². The zero-order valence-corrected chi connectivity index (χ0v) is 11.5. The molecule has 19 heavy (non-hydrogen) atoms. The summed E-state index contributed by atoms with van der Waals surface area (Å²) in [5.74, 6) is 0.0327. The van der Waals surface area contributed by atoms with Gasteiger partial charge in [0.1, 0.15) is 5.01 Å². The maximum atomic E-state index is 12.2. The van der Waals surface area contributed by atoms with Crippen molar-refractivity contribution in [2.75, 3.05) is 0 Å². The lowest BCUT2D eigenvalue weighted by Crippen LogP contribution is -2.32. The minimum Gasteiger partial charge on any atom is -0.349 e. The van der Waals surface area contributed by atoms with Crippen molar-refractivity contribution in [1.82, 2.24) is 10.3 Å². The predicted octanol–water partition coefficient (Wildman–Crippen LogP) is 3.48. The molecular weight excluding hydrogens is 256 g/mol. The Morgan fingerprint density at radius 1 is 1.32 bits per heavy atom. The van der Waals surface area contributed by atoms with Crippen molar-refractivity contribution in [3.63, 3.8) is 0 Å². The number of amides is 1. The second-order valence-electron chi connectivity index (χ2n) is 4.87. The molecule has 0 unspecified atom stereocenters. The van der Waals surface area contributed by atoms with Crippen LogP contribution in [0.4, 0.5) is 0 Å². The van der Waals surface area contributed by atoms with E-state index in [9.17, 15) is 4.79 Å². The van der Waals surface area contributed by atoms with Crippen molar-refractivity contribution in [3.8, 4) is 10.6 Å². The van der Waals surface area contributed by atoms with Crippen LogP contribution in [0.1, 0.15) is 36.0 Å². The van der Waals surface area contributed by atoms with Gasteiger partial charge in [-0.15, -0.1) is 11.3 Å². The second kappa shape index (κ2) is 5.53. The number of nitrogens with one attached hydrogen (secondary N) is 1. The Kier molecular flexibility index (Phi) is 3.60. The van der Waals surface area contributed by atoms with Crippen LogP contribution >= 0.6 is 11.3 Å². The third kappa shape index (κ3) is 2.84. The Hall–Kier alpha value is -1.68. The van der Waals surface area contributed by atoms with Gasteiger partial charge in [0.2, 0.25) is 0 Å². The van der Waals surface area contributed by atoms with Crippen molar-refractivity contribution < 1.29 is 4.79 Å². The van der Waals surface area contributed by atoms with Crippen LogP contribution in [0.3, 0.4) is 0 Å². The highest BCUT2D eigenvalue weighted by molar-refractivity contribution is 7.13. The fourth-order valence-corrected chi connectivity index (χ4v) is 3.13. The van der Waals surface area contributed by atoms with E-state index in [-0.39, 0.29) is 5.91 Å². The molecule has 1 heterocycles. The third-order valence-corrected chi connectivity index (χ3v) is 4.32. The van der Waals surface area contributed by atoms with Gasteiger partial charge in [-0.05, 0) is 25.0 Å². The fraction of sp³-hybridized carbons (Fsp3) is 0.333. The van der Waals surface area contributed by atoms with Gasteiger partial charge >= 0.3 is 0 Å². The summed E-state index contributed by atoms with van der Waals surface area (Å²) in [7, 11) is 0. The molecule has 98 valence electrons. The molecule has 0 bridgehead atoms. The average molecular weight is 272 g/mol. The Balaban J connectivity index is 1.77. The van der Waals surface area contributed by atoms with Gasteiger partial charge in [0.15, 0.2) is 0 Å². The SMILES string of the molecule is O=C(NC1CCCC1)c1cccc(-c2nccs2)c1. The molecule has 0 atom stereocenters. The first kappa shape index (κ1) is 12.4. The zero-order valence-electron chi connectivity index (χ0n) is 10.6. The maximum absolute atomic E-state index is 12.2. The number of carbonyl (C=O) groups is 1. The van der Waals surface area contributed by atoms with E-state index in [1.165, 1.54) is 12.8 Å². The van der Waals surface area contributed by atoms with E-state index < -0.39 is 0 Å². The molecule has 3 nitrogen and oxygen atoms in total. The molecule has 2 aromatic rings. The van der Waals surface area contributed by atoms with Crippen molar-refractivity contribution in [2.45, 2.75) is 31.7 Å². The molecule has 1 fully saturated rings. The monoisotopic (exact) mass is 272 g/mol. The van der Waals surface area contributed by atoms with Gasteiger partial charge in [-0.25, -0.2) is 4.98 Å². The maximum Gasteiger partial charge on any atom is 0.251 e. The number of benzene rings is 1. The minimum absolute atomic E-state index is 0.0327. The molecule has 1 aromatic carbocycles. The summed E-state index contributed by atoms with van der Waals surface area (Å²) >= 11 is 1.59. The van der Waals surface area contributed by atoms with Crippen molar-refractivity contribution in [3.05, 3.63) is 41.4 Å². The molecule has 1 aliphatic rings. The molecule has 1 amide bonds. The van der Waals surface area contributed by atoms with E-state index >= 15 is 0 Å². The van der Waals surface area contributed by atoms with Gasteiger partial charge in [-0.2, -0.15) is 0 Å². The van der Waals surface area contributed by atoms with Crippen LogP contribution in [0.15, 0.2) is 35.8 Å². The van der Waals surface area contributed by atoms with Gasteiger partial charge in [0, 0.05) is 28.7 Å². The molecule has 1 aromatic heterocycles. The van der Waals surface area contributed by atoms with Gasteiger partial charge in [0.25, 0.3) is 5.91 Å². The topological polar surface area (TPSA) is 42.0 Å². The summed E-state index contributed by atoms with van der Waals surface area (Å²) in [5.41, 5.74) is 1.73. The predicted molar refractivity (Wildman–Crippen MR) is 77.3 cm³/mol. The van der Waals surface area contributed by atoms with Crippen molar-refractivity contribution in [2.24, 2.45) is 0 Å². The molecule has 4 heteroatoms. The van der Waals surface area contributed by atoms with Crippen LogP contribution in [-0.4, -0.2) is 16.9 Å². The number of carbonyl (C=O) groups excluding carboxylic acids is 1. The van der Waals surface area contributed by atoms with Crippen LogP contribution in [0.25, 0.3) is 10.6 Å². The highest BCUT2D eigenvalue weighted by atomic mass is 32.1. The summed E-state index contributed by atoms with van der Waals surface area (Å²) in [6.07, 6.45) is 6.45.